The number of rotatable bonds is 8. The molecular weight excluding hydrogens is 438 g/mol. The molecule has 0 aliphatic rings. The van der Waals surface area contributed by atoms with E-state index in [1.165, 1.54) is 28.3 Å². The summed E-state index contributed by atoms with van der Waals surface area (Å²) in [6, 6.07) is 24.4. The number of hydrogen-bond acceptors (Lipinski definition) is 3. The van der Waals surface area contributed by atoms with E-state index in [0.29, 0.717) is 17.3 Å². The lowest BCUT2D eigenvalue weighted by Crippen LogP contribution is -2.30. The minimum absolute atomic E-state index is 0.0136. The number of halogens is 1. The van der Waals surface area contributed by atoms with Crippen molar-refractivity contribution in [1.29, 1.82) is 0 Å². The number of nitrogens with one attached hydrogen (secondary N) is 2. The molecule has 4 aromatic rings. The number of carbonyl (C=O) groups is 1. The molecule has 0 spiro atoms. The Morgan fingerprint density at radius 2 is 1.75 bits per heavy atom. The number of amides is 1. The second-order valence-electron chi connectivity index (χ2n) is 7.87. The van der Waals surface area contributed by atoms with Crippen LogP contribution in [0.1, 0.15) is 17.0 Å². The van der Waals surface area contributed by atoms with Crippen LogP contribution >= 0.6 is 23.4 Å². The average molecular weight is 464 g/mol. The van der Waals surface area contributed by atoms with Gasteiger partial charge < -0.3 is 15.2 Å². The van der Waals surface area contributed by atoms with Crippen LogP contribution in [0.2, 0.25) is 5.02 Å². The molecule has 0 saturated heterocycles. The van der Waals surface area contributed by atoms with Gasteiger partial charge in [-0.1, -0.05) is 41.9 Å². The van der Waals surface area contributed by atoms with Crippen LogP contribution in [0.25, 0.3) is 10.9 Å². The maximum absolute atomic E-state index is 12.6. The lowest BCUT2D eigenvalue weighted by Gasteiger charge is -2.20. The molecule has 4 rings (SSSR count). The average Bonchev–Trinajstić information content (AvgIpc) is 3.23. The van der Waals surface area contributed by atoms with Crippen molar-refractivity contribution in [2.45, 2.75) is 10.8 Å². The molecule has 0 bridgehead atoms. The highest BCUT2D eigenvalue weighted by Gasteiger charge is 2.19. The zero-order valence-electron chi connectivity index (χ0n) is 18.1. The third kappa shape index (κ3) is 5.29. The summed E-state index contributed by atoms with van der Waals surface area (Å²) in [5, 5.41) is 5.02. The molecule has 0 aliphatic heterocycles. The van der Waals surface area contributed by atoms with Crippen LogP contribution in [0.3, 0.4) is 0 Å². The van der Waals surface area contributed by atoms with Gasteiger partial charge in [-0.2, -0.15) is 0 Å². The van der Waals surface area contributed by atoms with Gasteiger partial charge in [-0.15, -0.1) is 11.8 Å². The summed E-state index contributed by atoms with van der Waals surface area (Å²) in [5.74, 6) is 0.425. The Labute approximate surface area is 198 Å². The number of thioether (sulfide) groups is 1. The molecule has 0 radical (unpaired) electrons. The summed E-state index contributed by atoms with van der Waals surface area (Å²) in [6.45, 7) is 0.531. The van der Waals surface area contributed by atoms with Gasteiger partial charge in [0.25, 0.3) is 0 Å². The third-order valence-corrected chi connectivity index (χ3v) is 6.76. The lowest BCUT2D eigenvalue weighted by molar-refractivity contribution is -0.118. The minimum atomic E-state index is 0.0136. The fraction of sp³-hybridized carbons (Fsp3) is 0.192. The number of anilines is 1. The molecule has 6 heteroatoms. The highest BCUT2D eigenvalue weighted by molar-refractivity contribution is 8.00. The van der Waals surface area contributed by atoms with E-state index in [9.17, 15) is 4.79 Å². The predicted molar refractivity (Wildman–Crippen MR) is 136 cm³/mol. The van der Waals surface area contributed by atoms with Crippen molar-refractivity contribution in [3.63, 3.8) is 0 Å². The molecule has 1 heterocycles. The topological polar surface area (TPSA) is 48.1 Å². The van der Waals surface area contributed by atoms with Crippen molar-refractivity contribution in [1.82, 2.24) is 10.3 Å². The second-order valence-corrected chi connectivity index (χ2v) is 9.36. The Morgan fingerprint density at radius 3 is 2.47 bits per heavy atom. The first-order valence-electron chi connectivity index (χ1n) is 10.5. The zero-order valence-corrected chi connectivity index (χ0v) is 19.7. The van der Waals surface area contributed by atoms with Gasteiger partial charge in [0.1, 0.15) is 0 Å². The molecule has 32 heavy (non-hydrogen) atoms. The summed E-state index contributed by atoms with van der Waals surface area (Å²) < 4.78 is 0. The number of para-hydroxylation sites is 1. The van der Waals surface area contributed by atoms with Crippen molar-refractivity contribution < 1.29 is 4.79 Å². The van der Waals surface area contributed by atoms with E-state index < -0.39 is 0 Å². The monoisotopic (exact) mass is 463 g/mol. The first-order valence-corrected chi connectivity index (χ1v) is 11.9. The van der Waals surface area contributed by atoms with Gasteiger partial charge in [-0.05, 0) is 53.6 Å². The van der Waals surface area contributed by atoms with E-state index in [4.69, 9.17) is 11.6 Å². The quantitative estimate of drug-likeness (QED) is 0.318. The van der Waals surface area contributed by atoms with E-state index >= 15 is 0 Å². The van der Waals surface area contributed by atoms with Crippen molar-refractivity contribution in [3.8, 4) is 0 Å². The van der Waals surface area contributed by atoms with Gasteiger partial charge in [0.15, 0.2) is 0 Å². The van der Waals surface area contributed by atoms with Gasteiger partial charge in [-0.25, -0.2) is 0 Å². The van der Waals surface area contributed by atoms with Gasteiger partial charge in [0, 0.05) is 59.3 Å². The van der Waals surface area contributed by atoms with Crippen molar-refractivity contribution in [3.05, 3.63) is 95.1 Å². The molecule has 1 unspecified atom stereocenters. The fourth-order valence-electron chi connectivity index (χ4n) is 3.74. The number of carbonyl (C=O) groups excluding carboxylic acids is 1. The largest absolute Gasteiger partial charge is 0.378 e. The molecule has 0 aliphatic carbocycles. The first kappa shape index (κ1) is 22.3. The van der Waals surface area contributed by atoms with Gasteiger partial charge in [-0.3, -0.25) is 4.79 Å². The molecule has 0 fully saturated rings. The number of hydrogen-bond donors (Lipinski definition) is 2. The van der Waals surface area contributed by atoms with Gasteiger partial charge in [0.2, 0.25) is 5.91 Å². The Balaban J connectivity index is 1.51. The van der Waals surface area contributed by atoms with Crippen LogP contribution in [0.4, 0.5) is 5.69 Å². The number of nitrogens with zero attached hydrogens (tertiary/aromatic N) is 1. The molecular formula is C26H26ClN3OS. The summed E-state index contributed by atoms with van der Waals surface area (Å²) in [4.78, 5) is 19.1. The van der Waals surface area contributed by atoms with Crippen LogP contribution in [-0.2, 0) is 4.79 Å². The predicted octanol–water partition coefficient (Wildman–Crippen LogP) is 5.93. The molecule has 2 N–H and O–H groups in total. The smallest absolute Gasteiger partial charge is 0.230 e. The van der Waals surface area contributed by atoms with Crippen molar-refractivity contribution in [2.75, 3.05) is 31.3 Å². The molecule has 1 amide bonds. The van der Waals surface area contributed by atoms with Gasteiger partial charge >= 0.3 is 0 Å². The standard InChI is InChI=1S/C26H26ClN3OS/c1-30(2)20-11-7-18(8-12-20)23(24-16-28-25-6-4-3-5-22(24)25)15-29-26(31)17-32-21-13-9-19(27)10-14-21/h3-14,16,23,28H,15,17H2,1-2H3,(H,29,31). The Bertz CT molecular complexity index is 1190. The SMILES string of the molecule is CN(C)c1ccc(C(CNC(=O)CSc2ccc(Cl)cc2)c2c[nH]c3ccccc23)cc1. The number of H-pyrrole nitrogens is 1. The number of benzene rings is 3. The summed E-state index contributed by atoms with van der Waals surface area (Å²) >= 11 is 7.45. The van der Waals surface area contributed by atoms with Gasteiger partial charge in [0.05, 0.1) is 5.75 Å². The number of aromatic nitrogens is 1. The highest BCUT2D eigenvalue weighted by Crippen LogP contribution is 2.31. The summed E-state index contributed by atoms with van der Waals surface area (Å²) in [6.07, 6.45) is 2.06. The van der Waals surface area contributed by atoms with E-state index in [2.05, 4.69) is 57.8 Å². The Morgan fingerprint density at radius 1 is 1.03 bits per heavy atom. The molecule has 4 nitrogen and oxygen atoms in total. The van der Waals surface area contributed by atoms with E-state index in [1.54, 1.807) is 0 Å². The Kier molecular flexibility index (Phi) is 7.08. The van der Waals surface area contributed by atoms with Crippen molar-refractivity contribution in [2.24, 2.45) is 0 Å². The van der Waals surface area contributed by atoms with Crippen molar-refractivity contribution >= 4 is 45.9 Å². The maximum atomic E-state index is 12.6. The lowest BCUT2D eigenvalue weighted by atomic mass is 9.90. The second kappa shape index (κ2) is 10.2. The first-order chi connectivity index (χ1) is 15.5. The van der Waals surface area contributed by atoms with Crippen LogP contribution in [0, 0.1) is 0 Å². The fourth-order valence-corrected chi connectivity index (χ4v) is 4.60. The normalized spacial score (nSPS) is 12.0. The van der Waals surface area contributed by atoms with E-state index in [-0.39, 0.29) is 11.8 Å². The number of aromatic amines is 1. The summed E-state index contributed by atoms with van der Waals surface area (Å²) in [5.41, 5.74) is 4.60. The Hall–Kier alpha value is -2.89. The minimum Gasteiger partial charge on any atom is -0.378 e. The molecule has 1 atom stereocenters. The van der Waals surface area contributed by atoms with Crippen LogP contribution < -0.4 is 10.2 Å². The van der Waals surface area contributed by atoms with Crippen LogP contribution in [0.5, 0.6) is 0 Å². The van der Waals surface area contributed by atoms with E-state index in [1.807, 2.05) is 50.5 Å². The van der Waals surface area contributed by atoms with Crippen LogP contribution in [-0.4, -0.2) is 37.3 Å². The molecule has 1 aromatic heterocycles. The third-order valence-electron chi connectivity index (χ3n) is 5.50. The molecule has 3 aromatic carbocycles. The van der Waals surface area contributed by atoms with Crippen LogP contribution in [0.15, 0.2) is 83.9 Å². The zero-order chi connectivity index (χ0) is 22.5. The number of fused-ring (bicyclic) bond motifs is 1. The highest BCUT2D eigenvalue weighted by atomic mass is 35.5. The molecule has 0 saturated carbocycles. The van der Waals surface area contributed by atoms with E-state index in [0.717, 1.165) is 16.1 Å². The molecule has 164 valence electrons. The maximum Gasteiger partial charge on any atom is 0.230 e. The summed E-state index contributed by atoms with van der Waals surface area (Å²) in [7, 11) is 4.06.